The number of anilines is 1. The number of carbonyl (C=O) groups is 2. The molecule has 3 aromatic carbocycles. The largest absolute Gasteiger partial charge is 0.490 e. The molecule has 0 spiro atoms. The number of hydrogen-bond donors (Lipinski definition) is 0. The van der Waals surface area contributed by atoms with E-state index in [1.165, 1.54) is 0 Å². The van der Waals surface area contributed by atoms with Crippen molar-refractivity contribution >= 4 is 69.5 Å². The fourth-order valence-corrected chi connectivity index (χ4v) is 5.15. The summed E-state index contributed by atoms with van der Waals surface area (Å²) in [6, 6.07) is 15.4. The van der Waals surface area contributed by atoms with Gasteiger partial charge in [-0.2, -0.15) is 0 Å². The number of thioether (sulfide) groups is 1. The van der Waals surface area contributed by atoms with E-state index < -0.39 is 5.91 Å². The molecule has 2 amide bonds. The first kappa shape index (κ1) is 27.1. The molecule has 0 aliphatic carbocycles. The average molecular weight is 575 g/mol. The maximum atomic E-state index is 13.1. The summed E-state index contributed by atoms with van der Waals surface area (Å²) in [7, 11) is 0. The SMILES string of the molecule is C=CCc1cc(/C=C2/SC(=O)N(c3ccc(Cl)cc3)C2=O)cc(OCC)c1OCc1ccc(Cl)cc1Cl. The lowest BCUT2D eigenvalue weighted by molar-refractivity contribution is -0.113. The fraction of sp³-hybridized carbons (Fsp3) is 0.143. The van der Waals surface area contributed by atoms with Crippen LogP contribution in [0.25, 0.3) is 6.08 Å². The lowest BCUT2D eigenvalue weighted by Gasteiger charge is -2.17. The van der Waals surface area contributed by atoms with Crippen LogP contribution in [0.5, 0.6) is 11.5 Å². The Morgan fingerprint density at radius 2 is 1.68 bits per heavy atom. The Balaban J connectivity index is 1.66. The van der Waals surface area contributed by atoms with Gasteiger partial charge in [-0.1, -0.05) is 46.9 Å². The van der Waals surface area contributed by atoms with E-state index in [0.717, 1.165) is 27.8 Å². The molecular formula is C28H22Cl3NO4S. The van der Waals surface area contributed by atoms with Crippen LogP contribution in [0.15, 0.2) is 72.2 Å². The van der Waals surface area contributed by atoms with Gasteiger partial charge < -0.3 is 9.47 Å². The number of halogens is 3. The monoisotopic (exact) mass is 573 g/mol. The highest BCUT2D eigenvalue weighted by Crippen LogP contribution is 2.39. The van der Waals surface area contributed by atoms with Gasteiger partial charge in [0.25, 0.3) is 11.1 Å². The summed E-state index contributed by atoms with van der Waals surface area (Å²) < 4.78 is 12.1. The third-order valence-corrected chi connectivity index (χ3v) is 7.09. The average Bonchev–Trinajstić information content (AvgIpc) is 3.13. The molecular weight excluding hydrogens is 553 g/mol. The number of ether oxygens (including phenoxy) is 2. The van der Waals surface area contributed by atoms with Crippen molar-refractivity contribution in [3.63, 3.8) is 0 Å². The van der Waals surface area contributed by atoms with Gasteiger partial charge in [-0.15, -0.1) is 6.58 Å². The zero-order chi connectivity index (χ0) is 26.5. The Morgan fingerprint density at radius 3 is 2.35 bits per heavy atom. The first-order valence-electron chi connectivity index (χ1n) is 11.3. The highest BCUT2D eigenvalue weighted by atomic mass is 35.5. The fourth-order valence-electron chi connectivity index (χ4n) is 3.72. The van der Waals surface area contributed by atoms with Gasteiger partial charge in [-0.05, 0) is 85.3 Å². The van der Waals surface area contributed by atoms with Crippen LogP contribution in [0.3, 0.4) is 0 Å². The normalized spacial score (nSPS) is 14.4. The van der Waals surface area contributed by atoms with Gasteiger partial charge in [0.15, 0.2) is 11.5 Å². The molecule has 1 aliphatic heterocycles. The number of benzene rings is 3. The molecule has 0 radical (unpaired) electrons. The Kier molecular flexibility index (Phi) is 8.87. The van der Waals surface area contributed by atoms with Crippen molar-refractivity contribution in [3.8, 4) is 11.5 Å². The maximum absolute atomic E-state index is 13.1. The highest BCUT2D eigenvalue weighted by molar-refractivity contribution is 8.19. The smallest absolute Gasteiger partial charge is 0.298 e. The second-order valence-electron chi connectivity index (χ2n) is 7.95. The van der Waals surface area contributed by atoms with Crippen LogP contribution in [0.1, 0.15) is 23.6 Å². The van der Waals surface area contributed by atoms with Crippen molar-refractivity contribution in [1.29, 1.82) is 0 Å². The van der Waals surface area contributed by atoms with Crippen molar-refractivity contribution < 1.29 is 19.1 Å². The van der Waals surface area contributed by atoms with Crippen LogP contribution in [-0.4, -0.2) is 17.8 Å². The Morgan fingerprint density at radius 1 is 0.946 bits per heavy atom. The Labute approximate surface area is 234 Å². The molecule has 0 atom stereocenters. The number of nitrogens with zero attached hydrogens (tertiary/aromatic N) is 1. The molecule has 1 aliphatic rings. The van der Waals surface area contributed by atoms with Crippen molar-refractivity contribution in [2.45, 2.75) is 20.0 Å². The maximum Gasteiger partial charge on any atom is 0.298 e. The summed E-state index contributed by atoms with van der Waals surface area (Å²) >= 11 is 19.1. The molecule has 9 heteroatoms. The minimum atomic E-state index is -0.404. The van der Waals surface area contributed by atoms with Crippen LogP contribution in [0.4, 0.5) is 10.5 Å². The number of imide groups is 1. The van der Waals surface area contributed by atoms with Crippen LogP contribution < -0.4 is 14.4 Å². The summed E-state index contributed by atoms with van der Waals surface area (Å²) in [6.45, 7) is 6.34. The predicted molar refractivity (Wildman–Crippen MR) is 152 cm³/mol. The number of amides is 2. The molecule has 37 heavy (non-hydrogen) atoms. The molecule has 0 unspecified atom stereocenters. The number of rotatable bonds is 9. The van der Waals surface area contributed by atoms with Crippen LogP contribution >= 0.6 is 46.6 Å². The minimum absolute atomic E-state index is 0.208. The zero-order valence-corrected chi connectivity index (χ0v) is 22.9. The van der Waals surface area contributed by atoms with Crippen LogP contribution in [0, 0.1) is 0 Å². The topological polar surface area (TPSA) is 55.8 Å². The van der Waals surface area contributed by atoms with Gasteiger partial charge >= 0.3 is 0 Å². The van der Waals surface area contributed by atoms with Gasteiger partial charge in [0.05, 0.1) is 17.2 Å². The summed E-state index contributed by atoms with van der Waals surface area (Å²) in [5.41, 5.74) is 2.74. The van der Waals surface area contributed by atoms with Crippen molar-refractivity contribution in [3.05, 3.63) is 104 Å². The van der Waals surface area contributed by atoms with Crippen LogP contribution in [0.2, 0.25) is 15.1 Å². The van der Waals surface area contributed by atoms with Crippen LogP contribution in [-0.2, 0) is 17.8 Å². The predicted octanol–water partition coefficient (Wildman–Crippen LogP) is 8.59. The summed E-state index contributed by atoms with van der Waals surface area (Å²) in [4.78, 5) is 27.2. The van der Waals surface area contributed by atoms with E-state index in [2.05, 4.69) is 6.58 Å². The van der Waals surface area contributed by atoms with Crippen molar-refractivity contribution in [1.82, 2.24) is 0 Å². The molecule has 0 bridgehead atoms. The van der Waals surface area contributed by atoms with E-state index in [1.807, 2.05) is 19.1 Å². The van der Waals surface area contributed by atoms with Gasteiger partial charge in [0.1, 0.15) is 6.61 Å². The lowest BCUT2D eigenvalue weighted by Crippen LogP contribution is -2.27. The third-order valence-electron chi connectivity index (χ3n) is 5.38. The number of allylic oxidation sites excluding steroid dienone is 1. The van der Waals surface area contributed by atoms with E-state index in [0.29, 0.717) is 55.8 Å². The summed E-state index contributed by atoms with van der Waals surface area (Å²) in [6.07, 6.45) is 3.93. The highest BCUT2D eigenvalue weighted by Gasteiger charge is 2.36. The zero-order valence-electron chi connectivity index (χ0n) is 19.8. The minimum Gasteiger partial charge on any atom is -0.490 e. The summed E-state index contributed by atoms with van der Waals surface area (Å²) in [5.74, 6) is 0.660. The third kappa shape index (κ3) is 6.33. The molecule has 0 aromatic heterocycles. The van der Waals surface area contributed by atoms with E-state index in [4.69, 9.17) is 44.3 Å². The molecule has 4 rings (SSSR count). The molecule has 0 saturated carbocycles. The van der Waals surface area contributed by atoms with E-state index in [1.54, 1.807) is 54.6 Å². The van der Waals surface area contributed by atoms with Gasteiger partial charge in [0.2, 0.25) is 0 Å². The summed E-state index contributed by atoms with van der Waals surface area (Å²) in [5, 5.41) is 1.18. The first-order chi connectivity index (χ1) is 17.8. The molecule has 0 N–H and O–H groups in total. The standard InChI is InChI=1S/C28H22Cl3NO4S/c1-3-5-18-12-17(14-25-27(33)32(28(34)37-25)22-10-8-20(29)9-11-22)13-24(35-4-2)26(18)36-16-19-6-7-21(30)15-23(19)31/h3,6-15H,1,4-5,16H2,2H3/b25-14+. The number of hydrogen-bond acceptors (Lipinski definition) is 5. The molecule has 1 heterocycles. The Bertz CT molecular complexity index is 1390. The van der Waals surface area contributed by atoms with Gasteiger partial charge in [-0.25, -0.2) is 4.90 Å². The van der Waals surface area contributed by atoms with E-state index >= 15 is 0 Å². The molecule has 3 aromatic rings. The molecule has 1 fully saturated rings. The second-order valence-corrected chi connectivity index (χ2v) is 10.2. The number of carbonyl (C=O) groups excluding carboxylic acids is 2. The lowest BCUT2D eigenvalue weighted by atomic mass is 10.0. The van der Waals surface area contributed by atoms with Crippen molar-refractivity contribution in [2.24, 2.45) is 0 Å². The van der Waals surface area contributed by atoms with E-state index in [9.17, 15) is 9.59 Å². The molecule has 1 saturated heterocycles. The first-order valence-corrected chi connectivity index (χ1v) is 13.3. The quantitative estimate of drug-likeness (QED) is 0.189. The molecule has 190 valence electrons. The Hall–Kier alpha value is -2.90. The van der Waals surface area contributed by atoms with E-state index in [-0.39, 0.29) is 11.8 Å². The van der Waals surface area contributed by atoms with Gasteiger partial charge in [-0.3, -0.25) is 9.59 Å². The van der Waals surface area contributed by atoms with Gasteiger partial charge in [0, 0.05) is 26.2 Å². The molecule has 5 nitrogen and oxygen atoms in total. The second kappa shape index (κ2) is 12.1. The van der Waals surface area contributed by atoms with Crippen molar-refractivity contribution in [2.75, 3.05) is 11.5 Å².